The van der Waals surface area contributed by atoms with Crippen molar-refractivity contribution in [1.29, 1.82) is 0 Å². The maximum atomic E-state index is 5.63. The highest BCUT2D eigenvalue weighted by Crippen LogP contribution is 2.19. The van der Waals surface area contributed by atoms with Crippen molar-refractivity contribution in [3.63, 3.8) is 0 Å². The number of ether oxygens (including phenoxy) is 2. The minimum Gasteiger partial charge on any atom is -0.445 e. The maximum Gasteiger partial charge on any atom is 0.241 e. The molecule has 0 aromatic carbocycles. The minimum absolute atomic E-state index is 0.310. The normalized spacial score (nSPS) is 19.4. The van der Waals surface area contributed by atoms with E-state index in [1.165, 1.54) is 0 Å². The van der Waals surface area contributed by atoms with Crippen LogP contribution < -0.4 is 15.4 Å². The van der Waals surface area contributed by atoms with Gasteiger partial charge >= 0.3 is 0 Å². The van der Waals surface area contributed by atoms with E-state index in [1.807, 2.05) is 13.8 Å². The number of hydrogen-bond acceptors (Lipinski definition) is 6. The number of aromatic nitrogens is 2. The summed E-state index contributed by atoms with van der Waals surface area (Å²) in [5.74, 6) is 1.25. The summed E-state index contributed by atoms with van der Waals surface area (Å²) >= 11 is 0. The third-order valence-electron chi connectivity index (χ3n) is 2.36. The number of fused-ring (bicyclic) bond motifs is 1. The Morgan fingerprint density at radius 3 is 3.12 bits per heavy atom. The van der Waals surface area contributed by atoms with Gasteiger partial charge in [-0.2, -0.15) is 4.98 Å². The number of hydrogen-bond donors (Lipinski definition) is 2. The van der Waals surface area contributed by atoms with Crippen LogP contribution >= 0.6 is 0 Å². The zero-order valence-electron chi connectivity index (χ0n) is 10.4. The third-order valence-corrected chi connectivity index (χ3v) is 2.36. The quantitative estimate of drug-likeness (QED) is 0.810. The molecule has 6 nitrogen and oxygen atoms in total. The Morgan fingerprint density at radius 2 is 2.41 bits per heavy atom. The first kappa shape index (κ1) is 12.1. The van der Waals surface area contributed by atoms with Crippen molar-refractivity contribution in [2.75, 3.05) is 19.0 Å². The van der Waals surface area contributed by atoms with Gasteiger partial charge in [-0.15, -0.1) is 0 Å². The van der Waals surface area contributed by atoms with E-state index in [4.69, 9.17) is 9.47 Å². The van der Waals surface area contributed by atoms with E-state index in [2.05, 4.69) is 20.6 Å². The number of nitrogens with zero attached hydrogens (tertiary/aromatic N) is 2. The molecule has 1 aliphatic heterocycles. The number of anilines is 1. The molecule has 0 amide bonds. The lowest BCUT2D eigenvalue weighted by molar-refractivity contribution is -0.0502. The molecule has 0 saturated heterocycles. The first-order chi connectivity index (χ1) is 8.19. The van der Waals surface area contributed by atoms with Gasteiger partial charge in [0.15, 0.2) is 0 Å². The molecule has 1 atom stereocenters. The highest BCUT2D eigenvalue weighted by Gasteiger charge is 2.19. The lowest BCUT2D eigenvalue weighted by atomic mass is 10.4. The fourth-order valence-corrected chi connectivity index (χ4v) is 1.58. The van der Waals surface area contributed by atoms with Crippen LogP contribution in [0.4, 0.5) is 5.82 Å². The van der Waals surface area contributed by atoms with Crippen LogP contribution in [0, 0.1) is 0 Å². The Hall–Kier alpha value is -1.40. The summed E-state index contributed by atoms with van der Waals surface area (Å²) in [4.78, 5) is 8.73. The Balaban J connectivity index is 2.20. The summed E-state index contributed by atoms with van der Waals surface area (Å²) in [5, 5.41) is 6.39. The molecule has 0 aliphatic carbocycles. The molecule has 0 fully saturated rings. The third kappa shape index (κ3) is 3.04. The van der Waals surface area contributed by atoms with E-state index < -0.39 is 0 Å². The lowest BCUT2D eigenvalue weighted by Gasteiger charge is -2.15. The molecule has 1 aliphatic rings. The van der Waals surface area contributed by atoms with Gasteiger partial charge in [-0.1, -0.05) is 0 Å². The van der Waals surface area contributed by atoms with E-state index >= 15 is 0 Å². The van der Waals surface area contributed by atoms with Crippen LogP contribution in [0.15, 0.2) is 6.20 Å². The molecule has 0 radical (unpaired) electrons. The molecule has 2 N–H and O–H groups in total. The molecule has 1 aromatic rings. The second kappa shape index (κ2) is 5.29. The van der Waals surface area contributed by atoms with Crippen LogP contribution in [0.1, 0.15) is 19.5 Å². The molecule has 2 heterocycles. The van der Waals surface area contributed by atoms with Crippen LogP contribution in [-0.4, -0.2) is 36.0 Å². The Morgan fingerprint density at radius 1 is 1.59 bits per heavy atom. The Bertz CT molecular complexity index is 384. The number of rotatable bonds is 3. The number of nitrogens with one attached hydrogen (secondary N) is 2. The van der Waals surface area contributed by atoms with Gasteiger partial charge in [0.2, 0.25) is 12.2 Å². The topological polar surface area (TPSA) is 68.3 Å². The predicted octanol–water partition coefficient (Wildman–Crippen LogP) is 0.751. The average Bonchev–Trinajstić information content (AvgIpc) is 2.49. The summed E-state index contributed by atoms with van der Waals surface area (Å²) in [6.45, 7) is 5.37. The van der Waals surface area contributed by atoms with E-state index in [1.54, 1.807) is 13.3 Å². The van der Waals surface area contributed by atoms with E-state index in [0.29, 0.717) is 25.0 Å². The molecule has 17 heavy (non-hydrogen) atoms. The highest BCUT2D eigenvalue weighted by molar-refractivity contribution is 5.37. The van der Waals surface area contributed by atoms with Gasteiger partial charge in [-0.3, -0.25) is 4.98 Å². The summed E-state index contributed by atoms with van der Waals surface area (Å²) in [7, 11) is 1.61. The van der Waals surface area contributed by atoms with Gasteiger partial charge in [0.05, 0.1) is 12.7 Å². The predicted molar refractivity (Wildman–Crippen MR) is 63.9 cm³/mol. The van der Waals surface area contributed by atoms with Gasteiger partial charge < -0.3 is 20.1 Å². The second-order valence-corrected chi connectivity index (χ2v) is 4.22. The van der Waals surface area contributed by atoms with Gasteiger partial charge in [-0.25, -0.2) is 0 Å². The van der Waals surface area contributed by atoms with Gasteiger partial charge in [0, 0.05) is 19.7 Å². The van der Waals surface area contributed by atoms with Gasteiger partial charge in [0.25, 0.3) is 0 Å². The number of methoxy groups -OCH3 is 1. The molecule has 6 heteroatoms. The van der Waals surface area contributed by atoms with E-state index in [-0.39, 0.29) is 6.29 Å². The zero-order chi connectivity index (χ0) is 12.3. The Labute approximate surface area is 101 Å². The molecule has 1 unspecified atom stereocenters. The smallest absolute Gasteiger partial charge is 0.241 e. The van der Waals surface area contributed by atoms with Crippen LogP contribution in [-0.2, 0) is 11.3 Å². The van der Waals surface area contributed by atoms with Crippen molar-refractivity contribution >= 4 is 5.82 Å². The molecule has 0 bridgehead atoms. The fourth-order valence-electron chi connectivity index (χ4n) is 1.58. The monoisotopic (exact) mass is 238 g/mol. The van der Waals surface area contributed by atoms with Crippen LogP contribution in [0.2, 0.25) is 0 Å². The molecule has 0 saturated carbocycles. The summed E-state index contributed by atoms with van der Waals surface area (Å²) in [6, 6.07) is 0.310. The van der Waals surface area contributed by atoms with Crippen LogP contribution in [0.25, 0.3) is 0 Å². The molecular formula is C11H18N4O2. The van der Waals surface area contributed by atoms with Gasteiger partial charge in [0.1, 0.15) is 11.5 Å². The molecule has 94 valence electrons. The van der Waals surface area contributed by atoms with Crippen molar-refractivity contribution in [3.05, 3.63) is 11.9 Å². The van der Waals surface area contributed by atoms with Crippen molar-refractivity contribution in [2.45, 2.75) is 32.7 Å². The molecular weight excluding hydrogens is 220 g/mol. The largest absolute Gasteiger partial charge is 0.445 e. The van der Waals surface area contributed by atoms with Crippen molar-refractivity contribution in [2.24, 2.45) is 0 Å². The van der Waals surface area contributed by atoms with Crippen molar-refractivity contribution in [3.8, 4) is 5.88 Å². The molecule has 2 rings (SSSR count). The fraction of sp³-hybridized carbons (Fsp3) is 0.636. The summed E-state index contributed by atoms with van der Waals surface area (Å²) < 4.78 is 10.8. The standard InChI is InChI=1S/C11H18N4O2/c1-7(2)14-9-5-13-8-4-12-6-10(16-3)17-11(8)15-9/h5,7,10,12H,4,6H2,1-3H3,(H,14,15). The summed E-state index contributed by atoms with van der Waals surface area (Å²) in [5.41, 5.74) is 0.804. The lowest BCUT2D eigenvalue weighted by Crippen LogP contribution is -2.29. The van der Waals surface area contributed by atoms with Crippen molar-refractivity contribution < 1.29 is 9.47 Å². The van der Waals surface area contributed by atoms with Crippen LogP contribution in [0.3, 0.4) is 0 Å². The summed E-state index contributed by atoms with van der Waals surface area (Å²) in [6.07, 6.45) is 1.40. The first-order valence-electron chi connectivity index (χ1n) is 5.71. The van der Waals surface area contributed by atoms with Crippen molar-refractivity contribution in [1.82, 2.24) is 15.3 Å². The highest BCUT2D eigenvalue weighted by atomic mass is 16.7. The van der Waals surface area contributed by atoms with E-state index in [0.717, 1.165) is 11.5 Å². The van der Waals surface area contributed by atoms with Crippen LogP contribution in [0.5, 0.6) is 5.88 Å². The minimum atomic E-state index is -0.320. The molecule has 0 spiro atoms. The second-order valence-electron chi connectivity index (χ2n) is 4.22. The SMILES string of the molecule is COC1CNCc2ncc(NC(C)C)nc2O1. The first-order valence-corrected chi connectivity index (χ1v) is 5.71. The zero-order valence-corrected chi connectivity index (χ0v) is 10.4. The van der Waals surface area contributed by atoms with E-state index in [9.17, 15) is 0 Å². The Kier molecular flexibility index (Phi) is 3.75. The molecule has 1 aromatic heterocycles. The average molecular weight is 238 g/mol. The van der Waals surface area contributed by atoms with Gasteiger partial charge in [-0.05, 0) is 13.8 Å². The maximum absolute atomic E-state index is 5.63.